The molecule has 0 amide bonds. The molecule has 0 saturated carbocycles. The molecule has 0 radical (unpaired) electrons. The maximum absolute atomic E-state index is 13.3. The van der Waals surface area contributed by atoms with E-state index in [1.54, 1.807) is 27.7 Å². The van der Waals surface area contributed by atoms with Crippen molar-refractivity contribution < 1.29 is 28.5 Å². The number of carbonyl (C=O) groups is 2. The Morgan fingerprint density at radius 2 is 0.868 bits per heavy atom. The number of rotatable bonds is 13. The van der Waals surface area contributed by atoms with Crippen molar-refractivity contribution in [1.29, 1.82) is 0 Å². The van der Waals surface area contributed by atoms with Crippen LogP contribution in [0.15, 0.2) is 24.3 Å². The summed E-state index contributed by atoms with van der Waals surface area (Å²) < 4.78 is 23.5. The number of hydrogen-bond acceptors (Lipinski definition) is 6. The van der Waals surface area contributed by atoms with Crippen LogP contribution < -0.4 is 9.47 Å². The molecular weight excluding hydrogens is 480 g/mol. The highest BCUT2D eigenvalue weighted by molar-refractivity contribution is 5.82. The van der Waals surface area contributed by atoms with E-state index in [4.69, 9.17) is 18.9 Å². The van der Waals surface area contributed by atoms with Gasteiger partial charge < -0.3 is 18.9 Å². The van der Waals surface area contributed by atoms with E-state index in [1.807, 2.05) is 41.5 Å². The molecule has 6 heteroatoms. The normalized spacial score (nSPS) is 12.8. The Hall–Kier alpha value is -3.02. The smallest absolute Gasteiger partial charge is 0.310 e. The van der Waals surface area contributed by atoms with Gasteiger partial charge in [0.15, 0.2) is 0 Å². The van der Waals surface area contributed by atoms with Crippen molar-refractivity contribution in [3.8, 4) is 11.5 Å². The number of esters is 2. The first-order valence-corrected chi connectivity index (χ1v) is 13.6. The van der Waals surface area contributed by atoms with Gasteiger partial charge >= 0.3 is 11.9 Å². The van der Waals surface area contributed by atoms with Gasteiger partial charge in [-0.3, -0.25) is 9.59 Å². The SMILES string of the molecule is Cc1cc(C)c(OCC[C@H](C(=O)OC(C)C)[C@@H](CCOc2c(C)cc(C)cc2C)C(=O)OC(C)C)c(C)c1. The first-order valence-electron chi connectivity index (χ1n) is 13.6. The van der Waals surface area contributed by atoms with E-state index in [2.05, 4.69) is 24.3 Å². The fourth-order valence-electron chi connectivity index (χ4n) is 4.97. The number of benzene rings is 2. The van der Waals surface area contributed by atoms with Crippen molar-refractivity contribution in [1.82, 2.24) is 0 Å². The van der Waals surface area contributed by atoms with Crippen molar-refractivity contribution in [3.63, 3.8) is 0 Å². The zero-order valence-electron chi connectivity index (χ0n) is 24.9. The van der Waals surface area contributed by atoms with Crippen LogP contribution in [0.1, 0.15) is 73.9 Å². The summed E-state index contributed by atoms with van der Waals surface area (Å²) in [6.45, 7) is 19.9. The summed E-state index contributed by atoms with van der Waals surface area (Å²) in [5, 5.41) is 0. The summed E-state index contributed by atoms with van der Waals surface area (Å²) in [4.78, 5) is 26.5. The average molecular weight is 527 g/mol. The molecule has 0 spiro atoms. The molecule has 0 aliphatic carbocycles. The van der Waals surface area contributed by atoms with Crippen LogP contribution in [-0.2, 0) is 19.1 Å². The third-order valence-corrected chi connectivity index (χ3v) is 6.35. The van der Waals surface area contributed by atoms with Gasteiger partial charge in [0.05, 0.1) is 37.3 Å². The van der Waals surface area contributed by atoms with Gasteiger partial charge in [0.2, 0.25) is 0 Å². The second-order valence-electron chi connectivity index (χ2n) is 10.9. The molecule has 0 aliphatic heterocycles. The number of aryl methyl sites for hydroxylation is 6. The zero-order valence-corrected chi connectivity index (χ0v) is 24.9. The maximum atomic E-state index is 13.3. The summed E-state index contributed by atoms with van der Waals surface area (Å²) in [5.74, 6) is -0.677. The van der Waals surface area contributed by atoms with Crippen LogP contribution in [0.4, 0.5) is 0 Å². The van der Waals surface area contributed by atoms with Crippen LogP contribution in [-0.4, -0.2) is 37.4 Å². The van der Waals surface area contributed by atoms with E-state index in [-0.39, 0.29) is 25.4 Å². The van der Waals surface area contributed by atoms with Gasteiger partial charge in [0.25, 0.3) is 0 Å². The van der Waals surface area contributed by atoms with E-state index in [9.17, 15) is 9.59 Å². The lowest BCUT2D eigenvalue weighted by Gasteiger charge is -2.26. The Morgan fingerprint density at radius 1 is 0.579 bits per heavy atom. The van der Waals surface area contributed by atoms with Gasteiger partial charge in [0.1, 0.15) is 11.5 Å². The summed E-state index contributed by atoms with van der Waals surface area (Å²) in [5.41, 5.74) is 6.49. The molecule has 0 saturated heterocycles. The lowest BCUT2D eigenvalue weighted by atomic mass is 9.87. The first kappa shape index (κ1) is 31.2. The number of hydrogen-bond donors (Lipinski definition) is 0. The molecule has 38 heavy (non-hydrogen) atoms. The number of ether oxygens (including phenoxy) is 4. The van der Waals surface area contributed by atoms with E-state index in [1.165, 1.54) is 11.1 Å². The topological polar surface area (TPSA) is 71.1 Å². The van der Waals surface area contributed by atoms with Gasteiger partial charge in [-0.15, -0.1) is 0 Å². The molecule has 6 nitrogen and oxygen atoms in total. The molecule has 0 aromatic heterocycles. The zero-order chi connectivity index (χ0) is 28.6. The molecule has 0 unspecified atom stereocenters. The Morgan fingerprint density at radius 3 is 1.13 bits per heavy atom. The standard InChI is InChI=1S/C32H46O6/c1-19(2)37-31(33)27(11-13-35-29-23(7)15-21(5)16-24(29)8)28(32(34)38-20(3)4)12-14-36-30-25(9)17-22(6)18-26(30)10/h15-20,27-28H,11-14H2,1-10H3/t27-,28+. The Labute approximate surface area is 229 Å². The fourth-order valence-corrected chi connectivity index (χ4v) is 4.97. The summed E-state index contributed by atoms with van der Waals surface area (Å²) in [6.07, 6.45) is 0.0316. The first-order chi connectivity index (χ1) is 17.8. The minimum Gasteiger partial charge on any atom is -0.493 e. The molecule has 0 bridgehead atoms. The molecular formula is C32H46O6. The van der Waals surface area contributed by atoms with E-state index in [0.717, 1.165) is 33.8 Å². The lowest BCUT2D eigenvalue weighted by molar-refractivity contribution is -0.166. The van der Waals surface area contributed by atoms with Crippen LogP contribution in [0.2, 0.25) is 0 Å². The largest absolute Gasteiger partial charge is 0.493 e. The van der Waals surface area contributed by atoms with Crippen LogP contribution in [0.5, 0.6) is 11.5 Å². The monoisotopic (exact) mass is 526 g/mol. The second kappa shape index (κ2) is 14.2. The van der Waals surface area contributed by atoms with Crippen LogP contribution >= 0.6 is 0 Å². The fraction of sp³-hybridized carbons (Fsp3) is 0.562. The van der Waals surface area contributed by atoms with Crippen molar-refractivity contribution in [2.24, 2.45) is 11.8 Å². The third-order valence-electron chi connectivity index (χ3n) is 6.35. The van der Waals surface area contributed by atoms with Gasteiger partial charge in [-0.25, -0.2) is 0 Å². The molecule has 2 atom stereocenters. The van der Waals surface area contributed by atoms with Crippen LogP contribution in [0, 0.1) is 53.4 Å². The highest BCUT2D eigenvalue weighted by atomic mass is 16.6. The highest BCUT2D eigenvalue weighted by Crippen LogP contribution is 2.29. The van der Waals surface area contributed by atoms with Crippen LogP contribution in [0.3, 0.4) is 0 Å². The molecule has 210 valence electrons. The van der Waals surface area contributed by atoms with E-state index < -0.39 is 23.8 Å². The van der Waals surface area contributed by atoms with Gasteiger partial charge in [-0.05, 0) is 104 Å². The van der Waals surface area contributed by atoms with Crippen LogP contribution in [0.25, 0.3) is 0 Å². The molecule has 0 aliphatic rings. The molecule has 0 heterocycles. The summed E-state index contributed by atoms with van der Waals surface area (Å²) >= 11 is 0. The average Bonchev–Trinajstić information content (AvgIpc) is 2.76. The minimum atomic E-state index is -0.724. The lowest BCUT2D eigenvalue weighted by Crippen LogP contribution is -2.36. The predicted molar refractivity (Wildman–Crippen MR) is 151 cm³/mol. The predicted octanol–water partition coefficient (Wildman–Crippen LogP) is 6.91. The van der Waals surface area contributed by atoms with Crippen molar-refractivity contribution in [2.45, 2.75) is 94.3 Å². The minimum absolute atomic E-state index is 0.269. The Bertz CT molecular complexity index is 968. The molecule has 2 aromatic carbocycles. The Kier molecular flexibility index (Phi) is 11.7. The molecule has 0 N–H and O–H groups in total. The third kappa shape index (κ3) is 9.07. The van der Waals surface area contributed by atoms with E-state index >= 15 is 0 Å². The second-order valence-corrected chi connectivity index (χ2v) is 10.9. The van der Waals surface area contributed by atoms with Gasteiger partial charge in [0, 0.05) is 0 Å². The number of carbonyl (C=O) groups excluding carboxylic acids is 2. The van der Waals surface area contributed by atoms with Crippen molar-refractivity contribution in [3.05, 3.63) is 57.6 Å². The quantitative estimate of drug-likeness (QED) is 0.264. The highest BCUT2D eigenvalue weighted by Gasteiger charge is 2.37. The molecule has 2 aromatic rings. The van der Waals surface area contributed by atoms with Gasteiger partial charge in [-0.2, -0.15) is 0 Å². The Balaban J connectivity index is 2.26. The van der Waals surface area contributed by atoms with Crippen molar-refractivity contribution >= 4 is 11.9 Å². The maximum Gasteiger partial charge on any atom is 0.310 e. The van der Waals surface area contributed by atoms with E-state index in [0.29, 0.717) is 12.8 Å². The molecule has 2 rings (SSSR count). The summed E-state index contributed by atoms with van der Waals surface area (Å²) in [7, 11) is 0. The van der Waals surface area contributed by atoms with Crippen molar-refractivity contribution in [2.75, 3.05) is 13.2 Å². The summed E-state index contributed by atoms with van der Waals surface area (Å²) in [6, 6.07) is 8.29. The van der Waals surface area contributed by atoms with Gasteiger partial charge in [-0.1, -0.05) is 35.4 Å². The molecule has 0 fully saturated rings.